The molecular weight excluding hydrogens is 306 g/mol. The van der Waals surface area contributed by atoms with Crippen molar-refractivity contribution in [2.75, 3.05) is 5.32 Å². The number of nitrogens with zero attached hydrogens (tertiary/aromatic N) is 1. The van der Waals surface area contributed by atoms with Crippen molar-refractivity contribution in [1.29, 1.82) is 0 Å². The maximum Gasteiger partial charge on any atom is 0.255 e. The Morgan fingerprint density at radius 3 is 2.29 bits per heavy atom. The average molecular weight is 321 g/mol. The minimum Gasteiger partial charge on any atom is -0.467 e. The molecular formula is C18H15N3O3. The summed E-state index contributed by atoms with van der Waals surface area (Å²) < 4.78 is 5.16. The van der Waals surface area contributed by atoms with E-state index in [0.717, 1.165) is 0 Å². The van der Waals surface area contributed by atoms with Gasteiger partial charge in [0.05, 0.1) is 12.8 Å². The lowest BCUT2D eigenvalue weighted by atomic mass is 10.2. The molecule has 0 radical (unpaired) electrons. The predicted octanol–water partition coefficient (Wildman–Crippen LogP) is 2.86. The van der Waals surface area contributed by atoms with E-state index in [9.17, 15) is 9.59 Å². The molecule has 2 aromatic heterocycles. The Hall–Kier alpha value is -3.41. The van der Waals surface area contributed by atoms with Gasteiger partial charge in [-0.05, 0) is 48.5 Å². The van der Waals surface area contributed by atoms with E-state index in [2.05, 4.69) is 15.6 Å². The molecule has 3 aromatic rings. The average Bonchev–Trinajstić information content (AvgIpc) is 3.14. The normalized spacial score (nSPS) is 10.2. The van der Waals surface area contributed by atoms with Crippen LogP contribution in [0.3, 0.4) is 0 Å². The lowest BCUT2D eigenvalue weighted by molar-refractivity contribution is 0.0947. The SMILES string of the molecule is O=C(NCc1ccco1)c1ccc(NC(=O)c2ccncc2)cc1. The third-order valence-corrected chi connectivity index (χ3v) is 3.35. The van der Waals surface area contributed by atoms with Gasteiger partial charge < -0.3 is 15.1 Å². The van der Waals surface area contributed by atoms with Crippen LogP contribution >= 0.6 is 0 Å². The first-order valence-corrected chi connectivity index (χ1v) is 7.34. The number of amides is 2. The number of carbonyl (C=O) groups excluding carboxylic acids is 2. The molecule has 2 amide bonds. The molecule has 0 saturated heterocycles. The third-order valence-electron chi connectivity index (χ3n) is 3.35. The minimum atomic E-state index is -0.229. The molecule has 0 unspecified atom stereocenters. The molecule has 0 aliphatic rings. The Balaban J connectivity index is 1.58. The molecule has 6 heteroatoms. The lowest BCUT2D eigenvalue weighted by Gasteiger charge is -2.07. The zero-order valence-electron chi connectivity index (χ0n) is 12.7. The van der Waals surface area contributed by atoms with Crippen molar-refractivity contribution in [3.8, 4) is 0 Å². The molecule has 0 aliphatic carbocycles. The van der Waals surface area contributed by atoms with Crippen LogP contribution in [0.5, 0.6) is 0 Å². The van der Waals surface area contributed by atoms with Crippen molar-refractivity contribution in [3.63, 3.8) is 0 Å². The van der Waals surface area contributed by atoms with Crippen LogP contribution in [0.25, 0.3) is 0 Å². The van der Waals surface area contributed by atoms with E-state index in [1.807, 2.05) is 0 Å². The van der Waals surface area contributed by atoms with E-state index in [1.54, 1.807) is 67.2 Å². The molecule has 0 aliphatic heterocycles. The van der Waals surface area contributed by atoms with Crippen LogP contribution in [0.1, 0.15) is 26.5 Å². The number of carbonyl (C=O) groups is 2. The van der Waals surface area contributed by atoms with Gasteiger partial charge in [0.1, 0.15) is 5.76 Å². The Morgan fingerprint density at radius 2 is 1.62 bits per heavy atom. The maximum atomic E-state index is 12.0. The second kappa shape index (κ2) is 7.23. The van der Waals surface area contributed by atoms with Crippen molar-refractivity contribution in [2.45, 2.75) is 6.54 Å². The number of hydrogen-bond acceptors (Lipinski definition) is 4. The van der Waals surface area contributed by atoms with E-state index in [-0.39, 0.29) is 11.8 Å². The van der Waals surface area contributed by atoms with Gasteiger partial charge in [0, 0.05) is 29.2 Å². The molecule has 1 aromatic carbocycles. The molecule has 120 valence electrons. The van der Waals surface area contributed by atoms with Crippen LogP contribution in [0.15, 0.2) is 71.6 Å². The van der Waals surface area contributed by atoms with Crippen LogP contribution in [0, 0.1) is 0 Å². The quantitative estimate of drug-likeness (QED) is 0.757. The fourth-order valence-corrected chi connectivity index (χ4v) is 2.09. The van der Waals surface area contributed by atoms with Crippen molar-refractivity contribution in [2.24, 2.45) is 0 Å². The number of aromatic nitrogens is 1. The molecule has 24 heavy (non-hydrogen) atoms. The Kier molecular flexibility index (Phi) is 4.67. The summed E-state index contributed by atoms with van der Waals surface area (Å²) in [5.41, 5.74) is 1.63. The van der Waals surface area contributed by atoms with E-state index in [0.29, 0.717) is 29.1 Å². The zero-order valence-corrected chi connectivity index (χ0v) is 12.7. The fraction of sp³-hybridized carbons (Fsp3) is 0.0556. The van der Waals surface area contributed by atoms with Gasteiger partial charge in [-0.1, -0.05) is 0 Å². The van der Waals surface area contributed by atoms with E-state index in [1.165, 1.54) is 0 Å². The number of pyridine rings is 1. The standard InChI is InChI=1S/C18H15N3O3/c22-17(20-12-16-2-1-11-24-16)13-3-5-15(6-4-13)21-18(23)14-7-9-19-10-8-14/h1-11H,12H2,(H,20,22)(H,21,23). The highest BCUT2D eigenvalue weighted by Gasteiger charge is 2.08. The fourth-order valence-electron chi connectivity index (χ4n) is 2.09. The van der Waals surface area contributed by atoms with Crippen molar-refractivity contribution < 1.29 is 14.0 Å². The first-order chi connectivity index (χ1) is 11.7. The molecule has 0 spiro atoms. The van der Waals surface area contributed by atoms with Crippen molar-refractivity contribution in [1.82, 2.24) is 10.3 Å². The van der Waals surface area contributed by atoms with Crippen LogP contribution < -0.4 is 10.6 Å². The monoisotopic (exact) mass is 321 g/mol. The van der Waals surface area contributed by atoms with Gasteiger partial charge in [0.15, 0.2) is 0 Å². The van der Waals surface area contributed by atoms with Gasteiger partial charge >= 0.3 is 0 Å². The molecule has 3 rings (SSSR count). The number of hydrogen-bond donors (Lipinski definition) is 2. The highest BCUT2D eigenvalue weighted by Crippen LogP contribution is 2.11. The second-order valence-electron chi connectivity index (χ2n) is 5.03. The molecule has 2 N–H and O–H groups in total. The van der Waals surface area contributed by atoms with Crippen LogP contribution in [-0.2, 0) is 6.54 Å². The van der Waals surface area contributed by atoms with Gasteiger partial charge in [-0.25, -0.2) is 0 Å². The second-order valence-corrected chi connectivity index (χ2v) is 5.03. The molecule has 0 atom stereocenters. The number of furan rings is 1. The summed E-state index contributed by atoms with van der Waals surface area (Å²) in [4.78, 5) is 28.0. The minimum absolute atomic E-state index is 0.210. The predicted molar refractivity (Wildman–Crippen MR) is 88.5 cm³/mol. The summed E-state index contributed by atoms with van der Waals surface area (Å²) in [6.45, 7) is 0.326. The van der Waals surface area contributed by atoms with Gasteiger partial charge in [0.25, 0.3) is 11.8 Å². The summed E-state index contributed by atoms with van der Waals surface area (Å²) in [5.74, 6) is 0.246. The van der Waals surface area contributed by atoms with Crippen LogP contribution in [0.4, 0.5) is 5.69 Å². The Labute approximate surface area is 138 Å². The number of anilines is 1. The number of nitrogens with one attached hydrogen (secondary N) is 2. The van der Waals surface area contributed by atoms with Gasteiger partial charge in [0.2, 0.25) is 0 Å². The first kappa shape index (κ1) is 15.5. The van der Waals surface area contributed by atoms with E-state index in [4.69, 9.17) is 4.42 Å². The summed E-state index contributed by atoms with van der Waals surface area (Å²) in [5, 5.41) is 5.53. The summed E-state index contributed by atoms with van der Waals surface area (Å²) >= 11 is 0. The van der Waals surface area contributed by atoms with Gasteiger partial charge in [-0.15, -0.1) is 0 Å². The third kappa shape index (κ3) is 3.86. The summed E-state index contributed by atoms with van der Waals surface area (Å²) in [6.07, 6.45) is 4.67. The van der Waals surface area contributed by atoms with Crippen molar-refractivity contribution in [3.05, 3.63) is 84.1 Å². The summed E-state index contributed by atoms with van der Waals surface area (Å²) in [7, 11) is 0. The number of benzene rings is 1. The highest BCUT2D eigenvalue weighted by atomic mass is 16.3. The first-order valence-electron chi connectivity index (χ1n) is 7.34. The maximum absolute atomic E-state index is 12.0. The van der Waals surface area contributed by atoms with E-state index < -0.39 is 0 Å². The Bertz CT molecular complexity index is 812. The topological polar surface area (TPSA) is 84.2 Å². The molecule has 0 saturated carbocycles. The lowest BCUT2D eigenvalue weighted by Crippen LogP contribution is -2.22. The Morgan fingerprint density at radius 1 is 0.917 bits per heavy atom. The smallest absolute Gasteiger partial charge is 0.255 e. The van der Waals surface area contributed by atoms with Gasteiger partial charge in [-0.2, -0.15) is 0 Å². The molecule has 2 heterocycles. The summed E-state index contributed by atoms with van der Waals surface area (Å²) in [6, 6.07) is 13.5. The largest absolute Gasteiger partial charge is 0.467 e. The number of rotatable bonds is 5. The molecule has 6 nitrogen and oxygen atoms in total. The van der Waals surface area contributed by atoms with Crippen LogP contribution in [0.2, 0.25) is 0 Å². The van der Waals surface area contributed by atoms with Crippen molar-refractivity contribution >= 4 is 17.5 Å². The van der Waals surface area contributed by atoms with Gasteiger partial charge in [-0.3, -0.25) is 14.6 Å². The highest BCUT2D eigenvalue weighted by molar-refractivity contribution is 6.04. The molecule has 0 bridgehead atoms. The zero-order chi connectivity index (χ0) is 16.8. The van der Waals surface area contributed by atoms with Crippen LogP contribution in [-0.4, -0.2) is 16.8 Å². The van der Waals surface area contributed by atoms with E-state index >= 15 is 0 Å². The molecule has 0 fully saturated rings.